The van der Waals surface area contributed by atoms with Crippen molar-refractivity contribution < 1.29 is 14.3 Å². The van der Waals surface area contributed by atoms with Crippen LogP contribution in [0.4, 0.5) is 5.69 Å². The summed E-state index contributed by atoms with van der Waals surface area (Å²) < 4.78 is 5.16. The molecule has 0 radical (unpaired) electrons. The number of carbonyl (C=O) groups is 2. The van der Waals surface area contributed by atoms with Crippen LogP contribution >= 0.6 is 23.4 Å². The summed E-state index contributed by atoms with van der Waals surface area (Å²) in [6.45, 7) is 4.58. The molecule has 0 heterocycles. The maximum atomic E-state index is 13.2. The van der Waals surface area contributed by atoms with Crippen molar-refractivity contribution >= 4 is 40.9 Å². The normalized spacial score (nSPS) is 10.7. The Bertz CT molecular complexity index is 1120. The Balaban J connectivity index is 1.63. The lowest BCUT2D eigenvalue weighted by Crippen LogP contribution is -2.40. The molecule has 0 aromatic heterocycles. The van der Waals surface area contributed by atoms with E-state index in [0.717, 1.165) is 33.0 Å². The highest BCUT2D eigenvalue weighted by molar-refractivity contribution is 7.98. The average Bonchev–Trinajstić information content (AvgIpc) is 2.84. The topological polar surface area (TPSA) is 58.6 Å². The molecule has 7 heteroatoms. The zero-order chi connectivity index (χ0) is 24.5. The van der Waals surface area contributed by atoms with Crippen molar-refractivity contribution in [3.63, 3.8) is 0 Å². The third-order valence-corrected chi connectivity index (χ3v) is 6.82. The fourth-order valence-electron chi connectivity index (χ4n) is 3.33. The number of ether oxygens (including phenoxy) is 1. The molecule has 2 amide bonds. The van der Waals surface area contributed by atoms with Crippen LogP contribution in [0.25, 0.3) is 0 Å². The minimum Gasteiger partial charge on any atom is -0.383 e. The summed E-state index contributed by atoms with van der Waals surface area (Å²) in [6.07, 6.45) is 0. The van der Waals surface area contributed by atoms with Crippen molar-refractivity contribution in [2.24, 2.45) is 0 Å². The Morgan fingerprint density at radius 1 is 1.00 bits per heavy atom. The second-order valence-corrected chi connectivity index (χ2v) is 9.44. The van der Waals surface area contributed by atoms with Crippen LogP contribution in [0.5, 0.6) is 0 Å². The van der Waals surface area contributed by atoms with Crippen LogP contribution in [-0.4, -0.2) is 43.5 Å². The molecule has 34 heavy (non-hydrogen) atoms. The van der Waals surface area contributed by atoms with E-state index in [-0.39, 0.29) is 18.4 Å². The Kier molecular flexibility index (Phi) is 9.57. The first kappa shape index (κ1) is 25.8. The quantitative estimate of drug-likeness (QED) is 0.351. The molecule has 178 valence electrons. The fourth-order valence-corrected chi connectivity index (χ4v) is 4.31. The maximum Gasteiger partial charge on any atom is 0.254 e. The van der Waals surface area contributed by atoms with E-state index in [4.69, 9.17) is 16.3 Å². The van der Waals surface area contributed by atoms with E-state index in [1.807, 2.05) is 80.6 Å². The number of hydrogen-bond acceptors (Lipinski definition) is 4. The van der Waals surface area contributed by atoms with Crippen LogP contribution in [0.1, 0.15) is 27.0 Å². The molecule has 0 bridgehead atoms. The van der Waals surface area contributed by atoms with Gasteiger partial charge < -0.3 is 15.0 Å². The van der Waals surface area contributed by atoms with Crippen molar-refractivity contribution in [1.29, 1.82) is 0 Å². The molecule has 0 unspecified atom stereocenters. The number of aryl methyl sites for hydroxylation is 1. The first-order chi connectivity index (χ1) is 16.4. The maximum absolute atomic E-state index is 13.2. The highest BCUT2D eigenvalue weighted by Crippen LogP contribution is 2.24. The van der Waals surface area contributed by atoms with E-state index in [1.165, 1.54) is 4.90 Å². The van der Waals surface area contributed by atoms with Gasteiger partial charge in [0.25, 0.3) is 5.91 Å². The van der Waals surface area contributed by atoms with Crippen LogP contribution in [0.2, 0.25) is 5.02 Å². The molecule has 0 fully saturated rings. The largest absolute Gasteiger partial charge is 0.383 e. The van der Waals surface area contributed by atoms with Gasteiger partial charge in [-0.2, -0.15) is 0 Å². The number of benzene rings is 3. The molecular weight excluding hydrogens is 468 g/mol. The standard InChI is InChI=1S/C27H29ClN2O3S/c1-19-5-4-6-25(20(19)2)29-26(31)17-30(15-16-33-3)27(32)22-9-7-21(8-10-22)18-34-24-13-11-23(28)12-14-24/h4-14H,15-18H2,1-3H3,(H,29,31). The number of nitrogens with zero attached hydrogens (tertiary/aromatic N) is 1. The first-order valence-corrected chi connectivity index (χ1v) is 12.4. The lowest BCUT2D eigenvalue weighted by Gasteiger charge is -2.22. The van der Waals surface area contributed by atoms with Gasteiger partial charge in [-0.05, 0) is 73.0 Å². The second-order valence-electron chi connectivity index (χ2n) is 7.95. The van der Waals surface area contributed by atoms with Gasteiger partial charge in [-0.25, -0.2) is 0 Å². The minimum atomic E-state index is -0.242. The minimum absolute atomic E-state index is 0.0518. The van der Waals surface area contributed by atoms with E-state index in [9.17, 15) is 9.59 Å². The molecule has 0 saturated carbocycles. The van der Waals surface area contributed by atoms with Gasteiger partial charge in [-0.3, -0.25) is 9.59 Å². The van der Waals surface area contributed by atoms with Crippen molar-refractivity contribution in [3.8, 4) is 0 Å². The van der Waals surface area contributed by atoms with Gasteiger partial charge >= 0.3 is 0 Å². The fraction of sp³-hybridized carbons (Fsp3) is 0.259. The van der Waals surface area contributed by atoms with Gasteiger partial charge in [0.2, 0.25) is 5.91 Å². The molecule has 3 aromatic carbocycles. The summed E-state index contributed by atoms with van der Waals surface area (Å²) in [5.41, 5.74) is 4.51. The van der Waals surface area contributed by atoms with Crippen molar-refractivity contribution in [1.82, 2.24) is 4.90 Å². The predicted octanol–water partition coefficient (Wildman–Crippen LogP) is 5.98. The number of methoxy groups -OCH3 is 1. The van der Waals surface area contributed by atoms with Crippen molar-refractivity contribution in [3.05, 3.63) is 94.0 Å². The summed E-state index contributed by atoms with van der Waals surface area (Å²) >= 11 is 7.64. The number of rotatable bonds is 10. The SMILES string of the molecule is COCCN(CC(=O)Nc1cccc(C)c1C)C(=O)c1ccc(CSc2ccc(Cl)cc2)cc1. The van der Waals surface area contributed by atoms with E-state index in [0.29, 0.717) is 23.7 Å². The average molecular weight is 497 g/mol. The first-order valence-electron chi connectivity index (χ1n) is 11.0. The van der Waals surface area contributed by atoms with Gasteiger partial charge in [0.15, 0.2) is 0 Å². The Morgan fingerprint density at radius 2 is 1.71 bits per heavy atom. The van der Waals surface area contributed by atoms with Gasteiger partial charge in [0.05, 0.1) is 6.61 Å². The number of nitrogens with one attached hydrogen (secondary N) is 1. The van der Waals surface area contributed by atoms with E-state index in [1.54, 1.807) is 18.9 Å². The molecular formula is C27H29ClN2O3S. The molecule has 0 saturated heterocycles. The molecule has 0 atom stereocenters. The summed E-state index contributed by atoms with van der Waals surface area (Å²) in [6, 6.07) is 21.0. The number of carbonyl (C=O) groups excluding carboxylic acids is 2. The summed E-state index contributed by atoms with van der Waals surface area (Å²) in [5.74, 6) is 0.334. The van der Waals surface area contributed by atoms with E-state index >= 15 is 0 Å². The summed E-state index contributed by atoms with van der Waals surface area (Å²) in [4.78, 5) is 28.5. The molecule has 0 aliphatic rings. The second kappa shape index (κ2) is 12.6. The third kappa shape index (κ3) is 7.35. The lowest BCUT2D eigenvalue weighted by atomic mass is 10.1. The highest BCUT2D eigenvalue weighted by atomic mass is 35.5. The molecule has 0 aliphatic heterocycles. The van der Waals surface area contributed by atoms with Crippen LogP contribution in [0.15, 0.2) is 71.6 Å². The molecule has 3 rings (SSSR count). The Hall–Kier alpha value is -2.80. The summed E-state index contributed by atoms with van der Waals surface area (Å²) in [7, 11) is 1.58. The van der Waals surface area contributed by atoms with Gasteiger partial charge in [-0.1, -0.05) is 35.9 Å². The lowest BCUT2D eigenvalue weighted by molar-refractivity contribution is -0.117. The highest BCUT2D eigenvalue weighted by Gasteiger charge is 2.19. The third-order valence-electron chi connectivity index (χ3n) is 5.49. The van der Waals surface area contributed by atoms with Crippen molar-refractivity contribution in [2.45, 2.75) is 24.5 Å². The molecule has 0 aliphatic carbocycles. The number of halogens is 1. The smallest absolute Gasteiger partial charge is 0.254 e. The van der Waals surface area contributed by atoms with E-state index in [2.05, 4.69) is 5.32 Å². The summed E-state index contributed by atoms with van der Waals surface area (Å²) in [5, 5.41) is 3.64. The van der Waals surface area contributed by atoms with Gasteiger partial charge in [0, 0.05) is 40.6 Å². The number of hydrogen-bond donors (Lipinski definition) is 1. The monoisotopic (exact) mass is 496 g/mol. The zero-order valence-corrected chi connectivity index (χ0v) is 21.2. The van der Waals surface area contributed by atoms with Crippen LogP contribution < -0.4 is 5.32 Å². The van der Waals surface area contributed by atoms with E-state index < -0.39 is 0 Å². The van der Waals surface area contributed by atoms with Gasteiger partial charge in [0.1, 0.15) is 6.54 Å². The molecule has 1 N–H and O–H groups in total. The Morgan fingerprint density at radius 3 is 2.38 bits per heavy atom. The zero-order valence-electron chi connectivity index (χ0n) is 19.6. The molecule has 5 nitrogen and oxygen atoms in total. The van der Waals surface area contributed by atoms with Crippen LogP contribution in [0.3, 0.4) is 0 Å². The molecule has 3 aromatic rings. The van der Waals surface area contributed by atoms with Crippen LogP contribution in [0, 0.1) is 13.8 Å². The van der Waals surface area contributed by atoms with Crippen LogP contribution in [-0.2, 0) is 15.3 Å². The Labute approximate surface area is 210 Å². The van der Waals surface area contributed by atoms with Gasteiger partial charge in [-0.15, -0.1) is 11.8 Å². The number of anilines is 1. The predicted molar refractivity (Wildman–Crippen MR) is 140 cm³/mol. The van der Waals surface area contributed by atoms with Crippen molar-refractivity contribution in [2.75, 3.05) is 32.1 Å². The number of thioether (sulfide) groups is 1. The number of amides is 2. The molecule has 0 spiro atoms.